The normalized spacial score (nSPS) is 9.89. The van der Waals surface area contributed by atoms with E-state index in [1.54, 1.807) is 12.1 Å². The molecule has 0 aliphatic heterocycles. The fourth-order valence-corrected chi connectivity index (χ4v) is 1.49. The number of hydrogen-bond donors (Lipinski definition) is 2. The molecule has 0 aliphatic rings. The predicted molar refractivity (Wildman–Crippen MR) is 72.1 cm³/mol. The van der Waals surface area contributed by atoms with Gasteiger partial charge >= 0.3 is 6.03 Å². The molecule has 1 aromatic carbocycles. The molecule has 1 heterocycles. The van der Waals surface area contributed by atoms with Gasteiger partial charge in [0.2, 0.25) is 5.88 Å². The highest BCUT2D eigenvalue weighted by molar-refractivity contribution is 5.99. The summed E-state index contributed by atoms with van der Waals surface area (Å²) >= 11 is 0. The largest absolute Gasteiger partial charge is 0.449 e. The van der Waals surface area contributed by atoms with E-state index in [2.05, 4.69) is 10.6 Å². The van der Waals surface area contributed by atoms with Gasteiger partial charge in [0.1, 0.15) is 0 Å². The molecule has 2 N–H and O–H groups in total. The van der Waals surface area contributed by atoms with E-state index in [1.165, 1.54) is 6.26 Å². The van der Waals surface area contributed by atoms with Crippen LogP contribution >= 0.6 is 0 Å². The van der Waals surface area contributed by atoms with Gasteiger partial charge in [0, 0.05) is 31.5 Å². The zero-order valence-electron chi connectivity index (χ0n) is 10.3. The van der Waals surface area contributed by atoms with Gasteiger partial charge in [0.05, 0.1) is 6.26 Å². The number of carbonyl (C=O) groups excluding carboxylic acids is 1. The quantitative estimate of drug-likeness (QED) is 0.874. The summed E-state index contributed by atoms with van der Waals surface area (Å²) in [6.07, 6.45) is 1.50. The summed E-state index contributed by atoms with van der Waals surface area (Å²) in [5.41, 5.74) is 1.75. The SMILES string of the molecule is CN(C)c1cccc(NC(=O)Nc2ccco2)c1. The first kappa shape index (κ1) is 12.0. The predicted octanol–water partition coefficient (Wildman–Crippen LogP) is 2.99. The minimum absolute atomic E-state index is 0.333. The first-order valence-corrected chi connectivity index (χ1v) is 5.54. The lowest BCUT2D eigenvalue weighted by atomic mass is 10.2. The molecular weight excluding hydrogens is 230 g/mol. The van der Waals surface area contributed by atoms with Crippen LogP contribution in [0.2, 0.25) is 0 Å². The first-order chi connectivity index (χ1) is 8.65. The number of nitrogens with one attached hydrogen (secondary N) is 2. The monoisotopic (exact) mass is 245 g/mol. The minimum Gasteiger partial charge on any atom is -0.449 e. The Hall–Kier alpha value is -2.43. The van der Waals surface area contributed by atoms with Crippen molar-refractivity contribution in [2.45, 2.75) is 0 Å². The minimum atomic E-state index is -0.333. The summed E-state index contributed by atoms with van der Waals surface area (Å²) in [7, 11) is 3.89. The van der Waals surface area contributed by atoms with Crippen LogP contribution in [0.4, 0.5) is 22.1 Å². The van der Waals surface area contributed by atoms with Crippen molar-refractivity contribution in [3.8, 4) is 0 Å². The lowest BCUT2D eigenvalue weighted by Crippen LogP contribution is -2.19. The van der Waals surface area contributed by atoms with Crippen molar-refractivity contribution in [1.29, 1.82) is 0 Å². The van der Waals surface area contributed by atoms with Gasteiger partial charge < -0.3 is 14.6 Å². The molecule has 5 heteroatoms. The van der Waals surface area contributed by atoms with Crippen molar-refractivity contribution in [3.63, 3.8) is 0 Å². The third-order valence-electron chi connectivity index (χ3n) is 2.38. The Kier molecular flexibility index (Phi) is 3.52. The number of benzene rings is 1. The summed E-state index contributed by atoms with van der Waals surface area (Å²) in [5.74, 6) is 0.413. The average Bonchev–Trinajstić information content (AvgIpc) is 2.82. The van der Waals surface area contributed by atoms with E-state index in [0.29, 0.717) is 5.88 Å². The van der Waals surface area contributed by atoms with Crippen LogP contribution in [0.3, 0.4) is 0 Å². The number of anilines is 3. The molecule has 2 rings (SSSR count). The Morgan fingerprint density at radius 2 is 2.00 bits per heavy atom. The van der Waals surface area contributed by atoms with Gasteiger partial charge in [0.15, 0.2) is 0 Å². The van der Waals surface area contributed by atoms with Crippen LogP contribution in [0.15, 0.2) is 47.1 Å². The van der Waals surface area contributed by atoms with Crippen LogP contribution in [0, 0.1) is 0 Å². The smallest absolute Gasteiger partial charge is 0.326 e. The van der Waals surface area contributed by atoms with Crippen LogP contribution in [-0.4, -0.2) is 20.1 Å². The van der Waals surface area contributed by atoms with E-state index in [-0.39, 0.29) is 6.03 Å². The molecule has 94 valence electrons. The summed E-state index contributed by atoms with van der Waals surface area (Å²) in [6.45, 7) is 0. The zero-order chi connectivity index (χ0) is 13.0. The highest BCUT2D eigenvalue weighted by Crippen LogP contribution is 2.17. The van der Waals surface area contributed by atoms with Crippen molar-refractivity contribution in [2.75, 3.05) is 29.6 Å². The fourth-order valence-electron chi connectivity index (χ4n) is 1.49. The number of urea groups is 1. The topological polar surface area (TPSA) is 57.5 Å². The van der Waals surface area contributed by atoms with Crippen LogP contribution < -0.4 is 15.5 Å². The number of carbonyl (C=O) groups is 1. The van der Waals surface area contributed by atoms with Gasteiger partial charge in [-0.1, -0.05) is 6.07 Å². The van der Waals surface area contributed by atoms with Gasteiger partial charge in [-0.05, 0) is 24.3 Å². The van der Waals surface area contributed by atoms with Crippen LogP contribution in [0.5, 0.6) is 0 Å². The van der Waals surface area contributed by atoms with E-state index in [4.69, 9.17) is 4.42 Å². The Morgan fingerprint density at radius 3 is 2.67 bits per heavy atom. The number of amides is 2. The lowest BCUT2D eigenvalue weighted by molar-refractivity contribution is 0.261. The summed E-state index contributed by atoms with van der Waals surface area (Å²) in [6, 6.07) is 10.6. The van der Waals surface area contributed by atoms with E-state index in [1.807, 2.05) is 43.3 Å². The van der Waals surface area contributed by atoms with E-state index in [9.17, 15) is 4.79 Å². The molecule has 0 spiro atoms. The van der Waals surface area contributed by atoms with E-state index >= 15 is 0 Å². The number of nitrogens with zero attached hydrogens (tertiary/aromatic N) is 1. The maximum absolute atomic E-state index is 11.7. The standard InChI is InChI=1S/C13H15N3O2/c1-16(2)11-6-3-5-10(9-11)14-13(17)15-12-7-4-8-18-12/h3-9H,1-2H3,(H2,14,15,17). The van der Waals surface area contributed by atoms with Crippen molar-refractivity contribution in [2.24, 2.45) is 0 Å². The fraction of sp³-hybridized carbons (Fsp3) is 0.154. The van der Waals surface area contributed by atoms with Crippen molar-refractivity contribution < 1.29 is 9.21 Å². The van der Waals surface area contributed by atoms with Crippen molar-refractivity contribution in [3.05, 3.63) is 42.7 Å². The second-order valence-corrected chi connectivity index (χ2v) is 4.00. The zero-order valence-corrected chi connectivity index (χ0v) is 10.3. The Labute approximate surface area is 105 Å². The summed E-state index contributed by atoms with van der Waals surface area (Å²) in [4.78, 5) is 13.6. The van der Waals surface area contributed by atoms with Crippen LogP contribution in [-0.2, 0) is 0 Å². The molecule has 0 saturated carbocycles. The summed E-state index contributed by atoms with van der Waals surface area (Å²) in [5, 5.41) is 5.33. The van der Waals surface area contributed by atoms with E-state index in [0.717, 1.165) is 11.4 Å². The molecule has 2 aromatic rings. The second-order valence-electron chi connectivity index (χ2n) is 4.00. The molecule has 1 aromatic heterocycles. The van der Waals surface area contributed by atoms with Crippen LogP contribution in [0.1, 0.15) is 0 Å². The molecule has 0 bridgehead atoms. The van der Waals surface area contributed by atoms with Crippen LogP contribution in [0.25, 0.3) is 0 Å². The van der Waals surface area contributed by atoms with Crippen molar-refractivity contribution >= 4 is 23.3 Å². The van der Waals surface area contributed by atoms with E-state index < -0.39 is 0 Å². The lowest BCUT2D eigenvalue weighted by Gasteiger charge is -2.14. The van der Waals surface area contributed by atoms with Gasteiger partial charge in [-0.25, -0.2) is 4.79 Å². The highest BCUT2D eigenvalue weighted by Gasteiger charge is 2.05. The number of hydrogen-bond acceptors (Lipinski definition) is 3. The molecule has 5 nitrogen and oxygen atoms in total. The Morgan fingerprint density at radius 1 is 1.17 bits per heavy atom. The average molecular weight is 245 g/mol. The summed E-state index contributed by atoms with van der Waals surface area (Å²) < 4.78 is 5.02. The maximum Gasteiger partial charge on any atom is 0.326 e. The third-order valence-corrected chi connectivity index (χ3v) is 2.38. The van der Waals surface area contributed by atoms with Gasteiger partial charge in [0.25, 0.3) is 0 Å². The highest BCUT2D eigenvalue weighted by atomic mass is 16.3. The third kappa shape index (κ3) is 3.04. The van der Waals surface area contributed by atoms with Gasteiger partial charge in [-0.3, -0.25) is 5.32 Å². The van der Waals surface area contributed by atoms with Gasteiger partial charge in [-0.2, -0.15) is 0 Å². The number of rotatable bonds is 3. The molecule has 0 aliphatic carbocycles. The molecule has 0 saturated heterocycles. The molecule has 0 atom stereocenters. The first-order valence-electron chi connectivity index (χ1n) is 5.54. The number of furan rings is 1. The maximum atomic E-state index is 11.7. The Balaban J connectivity index is 2.00. The molecule has 0 unspecified atom stereocenters. The Bertz CT molecular complexity index is 521. The molecule has 2 amide bonds. The second kappa shape index (κ2) is 5.27. The van der Waals surface area contributed by atoms with Gasteiger partial charge in [-0.15, -0.1) is 0 Å². The molecule has 0 radical (unpaired) electrons. The molecule has 0 fully saturated rings. The molecular formula is C13H15N3O2. The molecule has 18 heavy (non-hydrogen) atoms. The van der Waals surface area contributed by atoms with Crippen molar-refractivity contribution in [1.82, 2.24) is 0 Å².